The highest BCUT2D eigenvalue weighted by atomic mass is 16.5. The van der Waals surface area contributed by atoms with E-state index in [0.717, 1.165) is 0 Å². The molecule has 0 radical (unpaired) electrons. The first-order chi connectivity index (χ1) is 9.84. The second-order valence-electron chi connectivity index (χ2n) is 5.28. The Morgan fingerprint density at radius 3 is 2.29 bits per heavy atom. The van der Waals surface area contributed by atoms with Crippen molar-refractivity contribution in [2.24, 2.45) is 0 Å². The summed E-state index contributed by atoms with van der Waals surface area (Å²) >= 11 is 0. The number of carbonyl (C=O) groups excluding carboxylic acids is 1. The molecule has 0 heterocycles. The number of hydrogen-bond donors (Lipinski definition) is 2. The van der Waals surface area contributed by atoms with Crippen molar-refractivity contribution in [3.8, 4) is 0 Å². The van der Waals surface area contributed by atoms with Gasteiger partial charge in [-0.15, -0.1) is 0 Å². The van der Waals surface area contributed by atoms with Crippen molar-refractivity contribution >= 4 is 11.9 Å². The van der Waals surface area contributed by atoms with Crippen LogP contribution in [0.4, 0.5) is 0 Å². The number of nitrogens with one attached hydrogen (secondary N) is 1. The van der Waals surface area contributed by atoms with Gasteiger partial charge in [-0.1, -0.05) is 12.1 Å². The molecule has 0 saturated carbocycles. The lowest BCUT2D eigenvalue weighted by atomic mass is 9.96. The van der Waals surface area contributed by atoms with Crippen molar-refractivity contribution in [3.63, 3.8) is 0 Å². The summed E-state index contributed by atoms with van der Waals surface area (Å²) < 4.78 is 5.39. The highest BCUT2D eigenvalue weighted by Gasteiger charge is 2.20. The molecule has 0 aliphatic rings. The average Bonchev–Trinajstić information content (AvgIpc) is 2.39. The average molecular weight is 293 g/mol. The molecular weight excluding hydrogens is 270 g/mol. The Labute approximate surface area is 125 Å². The number of rotatable bonds is 7. The standard InChI is InChI=1S/C16H23NO4/c1-10(2)21-9-5-8-17-15(18)13-11(3)6-7-12(4)14(13)16(19)20/h6-7,10H,5,8-9H2,1-4H3,(H,17,18)(H,19,20). The maximum atomic E-state index is 12.2. The molecule has 21 heavy (non-hydrogen) atoms. The van der Waals surface area contributed by atoms with E-state index in [-0.39, 0.29) is 23.1 Å². The molecule has 0 aliphatic carbocycles. The van der Waals surface area contributed by atoms with Crippen molar-refractivity contribution in [2.75, 3.05) is 13.2 Å². The van der Waals surface area contributed by atoms with Gasteiger partial charge in [0, 0.05) is 13.2 Å². The van der Waals surface area contributed by atoms with Crippen LogP contribution in [0.1, 0.15) is 52.1 Å². The third-order valence-electron chi connectivity index (χ3n) is 3.12. The SMILES string of the molecule is Cc1ccc(C)c(C(=O)NCCCOC(C)C)c1C(=O)O. The summed E-state index contributed by atoms with van der Waals surface area (Å²) in [5, 5.41) is 12.0. The number of carbonyl (C=O) groups is 2. The van der Waals surface area contributed by atoms with Crippen LogP contribution in [0.25, 0.3) is 0 Å². The zero-order valence-electron chi connectivity index (χ0n) is 13.0. The van der Waals surface area contributed by atoms with Crippen molar-refractivity contribution in [2.45, 2.75) is 40.2 Å². The molecule has 0 aliphatic heterocycles. The van der Waals surface area contributed by atoms with Gasteiger partial charge >= 0.3 is 5.97 Å². The van der Waals surface area contributed by atoms with Gasteiger partial charge in [-0.2, -0.15) is 0 Å². The van der Waals surface area contributed by atoms with Crippen LogP contribution in [0.15, 0.2) is 12.1 Å². The predicted octanol–water partition coefficient (Wildman–Crippen LogP) is 2.55. The van der Waals surface area contributed by atoms with Crippen molar-refractivity contribution in [1.82, 2.24) is 5.32 Å². The highest BCUT2D eigenvalue weighted by molar-refractivity contribution is 6.06. The Morgan fingerprint density at radius 2 is 1.76 bits per heavy atom. The molecule has 0 unspecified atom stereocenters. The lowest BCUT2D eigenvalue weighted by Gasteiger charge is -2.13. The molecule has 1 aromatic carbocycles. The molecule has 0 atom stereocenters. The molecule has 1 amide bonds. The molecule has 0 aromatic heterocycles. The molecular formula is C16H23NO4. The maximum Gasteiger partial charge on any atom is 0.336 e. The van der Waals surface area contributed by atoms with Gasteiger partial charge < -0.3 is 15.2 Å². The van der Waals surface area contributed by atoms with Gasteiger partial charge in [0.1, 0.15) is 0 Å². The van der Waals surface area contributed by atoms with Crippen LogP contribution in [-0.4, -0.2) is 36.2 Å². The predicted molar refractivity (Wildman–Crippen MR) is 80.9 cm³/mol. The third-order valence-corrected chi connectivity index (χ3v) is 3.12. The van der Waals surface area contributed by atoms with Gasteiger partial charge in [0.25, 0.3) is 5.91 Å². The fourth-order valence-electron chi connectivity index (χ4n) is 2.06. The molecule has 0 fully saturated rings. The topological polar surface area (TPSA) is 75.6 Å². The van der Waals surface area contributed by atoms with E-state index in [2.05, 4.69) is 5.32 Å². The van der Waals surface area contributed by atoms with Crippen LogP contribution >= 0.6 is 0 Å². The van der Waals surface area contributed by atoms with E-state index in [4.69, 9.17) is 4.74 Å². The second kappa shape index (κ2) is 7.78. The number of hydrogen-bond acceptors (Lipinski definition) is 3. The van der Waals surface area contributed by atoms with Gasteiger partial charge in [0.15, 0.2) is 0 Å². The molecule has 1 rings (SSSR count). The highest BCUT2D eigenvalue weighted by Crippen LogP contribution is 2.18. The minimum atomic E-state index is -1.08. The smallest absolute Gasteiger partial charge is 0.336 e. The number of carboxylic acid groups (broad SMARTS) is 1. The summed E-state index contributed by atoms with van der Waals surface area (Å²) in [6.07, 6.45) is 0.857. The Hall–Kier alpha value is -1.88. The van der Waals surface area contributed by atoms with Crippen LogP contribution < -0.4 is 5.32 Å². The first-order valence-corrected chi connectivity index (χ1v) is 7.08. The second-order valence-corrected chi connectivity index (χ2v) is 5.28. The van der Waals surface area contributed by atoms with Gasteiger partial charge in [-0.25, -0.2) is 4.79 Å². The quantitative estimate of drug-likeness (QED) is 0.758. The summed E-state index contributed by atoms with van der Waals surface area (Å²) in [6, 6.07) is 3.48. The van der Waals surface area contributed by atoms with Gasteiger partial charge in [0.05, 0.1) is 17.2 Å². The summed E-state index contributed by atoms with van der Waals surface area (Å²) in [7, 11) is 0. The molecule has 2 N–H and O–H groups in total. The molecule has 0 saturated heterocycles. The Balaban J connectivity index is 2.74. The fourth-order valence-corrected chi connectivity index (χ4v) is 2.06. The van der Waals surface area contributed by atoms with Gasteiger partial charge in [-0.3, -0.25) is 4.79 Å². The Bertz CT molecular complexity index is 523. The summed E-state index contributed by atoms with van der Waals surface area (Å²) in [4.78, 5) is 23.6. The third kappa shape index (κ3) is 4.86. The number of amides is 1. The van der Waals surface area contributed by atoms with Gasteiger partial charge in [-0.05, 0) is 45.2 Å². The summed E-state index contributed by atoms with van der Waals surface area (Å²) in [5.41, 5.74) is 1.56. The van der Waals surface area contributed by atoms with Crippen molar-refractivity contribution in [1.29, 1.82) is 0 Å². The monoisotopic (exact) mass is 293 g/mol. The Kier molecular flexibility index (Phi) is 6.37. The molecule has 5 heteroatoms. The zero-order chi connectivity index (χ0) is 16.0. The first-order valence-electron chi connectivity index (χ1n) is 7.08. The number of carboxylic acids is 1. The van der Waals surface area contributed by atoms with Crippen molar-refractivity contribution < 1.29 is 19.4 Å². The number of aryl methyl sites for hydroxylation is 2. The van der Waals surface area contributed by atoms with Crippen LogP contribution in [-0.2, 0) is 4.74 Å². The normalized spacial score (nSPS) is 10.7. The molecule has 1 aromatic rings. The first kappa shape index (κ1) is 17.2. The maximum absolute atomic E-state index is 12.2. The number of aromatic carboxylic acids is 1. The van der Waals surface area contributed by atoms with E-state index in [1.165, 1.54) is 0 Å². The van der Waals surface area contributed by atoms with Gasteiger partial charge in [0.2, 0.25) is 0 Å². The largest absolute Gasteiger partial charge is 0.478 e. The summed E-state index contributed by atoms with van der Waals surface area (Å²) in [6.45, 7) is 8.36. The minimum Gasteiger partial charge on any atom is -0.478 e. The van der Waals surface area contributed by atoms with Crippen LogP contribution in [0.5, 0.6) is 0 Å². The van der Waals surface area contributed by atoms with E-state index >= 15 is 0 Å². The Morgan fingerprint density at radius 1 is 1.19 bits per heavy atom. The molecule has 116 valence electrons. The van der Waals surface area contributed by atoms with E-state index in [1.807, 2.05) is 13.8 Å². The number of ether oxygens (including phenoxy) is 1. The summed E-state index contributed by atoms with van der Waals surface area (Å²) in [5.74, 6) is -1.43. The number of benzene rings is 1. The zero-order valence-corrected chi connectivity index (χ0v) is 13.0. The molecule has 5 nitrogen and oxygen atoms in total. The molecule has 0 bridgehead atoms. The van der Waals surface area contributed by atoms with Crippen molar-refractivity contribution in [3.05, 3.63) is 34.4 Å². The van der Waals surface area contributed by atoms with E-state index in [9.17, 15) is 14.7 Å². The van der Waals surface area contributed by atoms with Crippen LogP contribution in [0.2, 0.25) is 0 Å². The van der Waals surface area contributed by atoms with Crippen LogP contribution in [0, 0.1) is 13.8 Å². The van der Waals surface area contributed by atoms with E-state index < -0.39 is 5.97 Å². The van der Waals surface area contributed by atoms with E-state index in [0.29, 0.717) is 30.7 Å². The van der Waals surface area contributed by atoms with E-state index in [1.54, 1.807) is 26.0 Å². The minimum absolute atomic E-state index is 0.0749. The molecule has 0 spiro atoms. The lowest BCUT2D eigenvalue weighted by Crippen LogP contribution is -2.28. The fraction of sp³-hybridized carbons (Fsp3) is 0.500. The van der Waals surface area contributed by atoms with Crippen LogP contribution in [0.3, 0.4) is 0 Å². The lowest BCUT2D eigenvalue weighted by molar-refractivity contribution is 0.0687.